The van der Waals surface area contributed by atoms with Gasteiger partial charge in [-0.15, -0.1) is 0 Å². The Morgan fingerprint density at radius 3 is 2.86 bits per heavy atom. The number of fused-ring (bicyclic) bond motifs is 1. The molecule has 0 bridgehead atoms. The van der Waals surface area contributed by atoms with Gasteiger partial charge in [0.15, 0.2) is 0 Å². The summed E-state index contributed by atoms with van der Waals surface area (Å²) >= 11 is 0. The van der Waals surface area contributed by atoms with Crippen LogP contribution in [0.15, 0.2) is 24.3 Å². The monoisotopic (exact) mass is 284 g/mol. The fourth-order valence-corrected chi connectivity index (χ4v) is 3.78. The summed E-state index contributed by atoms with van der Waals surface area (Å²) in [6.45, 7) is 1.82. The maximum atomic E-state index is 12.7. The maximum Gasteiger partial charge on any atom is 0.270 e. The number of ether oxygens (including phenoxy) is 1. The van der Waals surface area contributed by atoms with Crippen LogP contribution in [0.4, 0.5) is 0 Å². The van der Waals surface area contributed by atoms with Crippen molar-refractivity contribution >= 4 is 16.8 Å². The van der Waals surface area contributed by atoms with E-state index in [9.17, 15) is 4.79 Å². The fourth-order valence-electron chi connectivity index (χ4n) is 3.78. The predicted octanol–water partition coefficient (Wildman–Crippen LogP) is 3.19. The zero-order valence-corrected chi connectivity index (χ0v) is 12.3. The van der Waals surface area contributed by atoms with Crippen LogP contribution in [0.25, 0.3) is 10.9 Å². The van der Waals surface area contributed by atoms with Gasteiger partial charge in [-0.25, -0.2) is 0 Å². The summed E-state index contributed by atoms with van der Waals surface area (Å²) in [5.41, 5.74) is 2.07. The van der Waals surface area contributed by atoms with Gasteiger partial charge in [0.25, 0.3) is 5.91 Å². The van der Waals surface area contributed by atoms with Crippen LogP contribution >= 0.6 is 0 Å². The Bertz CT molecular complexity index is 700. The van der Waals surface area contributed by atoms with Gasteiger partial charge >= 0.3 is 0 Å². The van der Waals surface area contributed by atoms with E-state index < -0.39 is 0 Å². The quantitative estimate of drug-likeness (QED) is 0.920. The molecule has 2 heterocycles. The number of nitrogens with one attached hydrogen (secondary N) is 1. The molecule has 4 rings (SSSR count). The molecule has 0 radical (unpaired) electrons. The minimum atomic E-state index is 0.122. The number of likely N-dealkylation sites (tertiary alicyclic amines) is 1. The molecule has 4 nitrogen and oxygen atoms in total. The van der Waals surface area contributed by atoms with Crippen molar-refractivity contribution in [2.24, 2.45) is 5.41 Å². The molecular formula is C17H20N2O2. The van der Waals surface area contributed by atoms with Crippen LogP contribution in [0.5, 0.6) is 5.75 Å². The summed E-state index contributed by atoms with van der Waals surface area (Å²) in [6.07, 6.45) is 5.07. The lowest BCUT2D eigenvalue weighted by Gasteiger charge is -2.37. The van der Waals surface area contributed by atoms with E-state index in [0.29, 0.717) is 11.1 Å². The summed E-state index contributed by atoms with van der Waals surface area (Å²) in [5, 5.41) is 0.973. The molecule has 4 heteroatoms. The Balaban J connectivity index is 1.62. The second-order valence-corrected chi connectivity index (χ2v) is 6.43. The highest BCUT2D eigenvalue weighted by Crippen LogP contribution is 2.48. The van der Waals surface area contributed by atoms with Gasteiger partial charge in [-0.2, -0.15) is 0 Å². The minimum Gasteiger partial charge on any atom is -0.496 e. The van der Waals surface area contributed by atoms with Crippen LogP contribution in [0, 0.1) is 5.41 Å². The Morgan fingerprint density at radius 2 is 2.19 bits per heavy atom. The molecule has 1 N–H and O–H groups in total. The predicted molar refractivity (Wildman–Crippen MR) is 81.7 cm³/mol. The molecule has 1 aromatic heterocycles. The number of rotatable bonds is 2. The topological polar surface area (TPSA) is 45.3 Å². The molecule has 0 unspecified atom stereocenters. The standard InChI is InChI=1S/C17H20N2O2/c1-21-15-5-2-4-13-12(15)10-14(18-13)16(20)19-9-8-17(11-19)6-3-7-17/h2,4-5,10,18H,3,6-9,11H2,1H3. The lowest BCUT2D eigenvalue weighted by Crippen LogP contribution is -2.35. The molecule has 1 aliphatic carbocycles. The normalized spacial score (nSPS) is 20.0. The third kappa shape index (κ3) is 1.93. The van der Waals surface area contributed by atoms with Gasteiger partial charge in [-0.1, -0.05) is 12.5 Å². The second-order valence-electron chi connectivity index (χ2n) is 6.43. The molecule has 110 valence electrons. The Hall–Kier alpha value is -1.97. The van der Waals surface area contributed by atoms with Crippen molar-refractivity contribution in [3.8, 4) is 5.75 Å². The van der Waals surface area contributed by atoms with Crippen LogP contribution < -0.4 is 4.74 Å². The van der Waals surface area contributed by atoms with E-state index >= 15 is 0 Å². The summed E-state index contributed by atoms with van der Waals surface area (Å²) in [6, 6.07) is 7.75. The van der Waals surface area contributed by atoms with Crippen LogP contribution in [-0.2, 0) is 0 Å². The van der Waals surface area contributed by atoms with Gasteiger partial charge in [0.05, 0.1) is 7.11 Å². The van der Waals surface area contributed by atoms with Crippen molar-refractivity contribution in [1.82, 2.24) is 9.88 Å². The Kier molecular flexibility index (Phi) is 2.74. The second kappa shape index (κ2) is 4.52. The molecule has 0 atom stereocenters. The minimum absolute atomic E-state index is 0.122. The first kappa shape index (κ1) is 12.7. The van der Waals surface area contributed by atoms with Crippen molar-refractivity contribution in [2.45, 2.75) is 25.7 Å². The van der Waals surface area contributed by atoms with E-state index in [2.05, 4.69) is 4.98 Å². The largest absolute Gasteiger partial charge is 0.496 e. The van der Waals surface area contributed by atoms with Crippen molar-refractivity contribution in [1.29, 1.82) is 0 Å². The first-order chi connectivity index (χ1) is 10.2. The van der Waals surface area contributed by atoms with Crippen LogP contribution in [0.3, 0.4) is 0 Å². The first-order valence-corrected chi connectivity index (χ1v) is 7.66. The van der Waals surface area contributed by atoms with Crippen molar-refractivity contribution in [3.63, 3.8) is 0 Å². The zero-order valence-electron chi connectivity index (χ0n) is 12.3. The highest BCUT2D eigenvalue weighted by atomic mass is 16.5. The molecule has 1 amide bonds. The summed E-state index contributed by atoms with van der Waals surface area (Å²) in [4.78, 5) is 17.9. The summed E-state index contributed by atoms with van der Waals surface area (Å²) in [7, 11) is 1.66. The number of H-pyrrole nitrogens is 1. The summed E-state index contributed by atoms with van der Waals surface area (Å²) in [5.74, 6) is 0.928. The van der Waals surface area contributed by atoms with E-state index in [-0.39, 0.29) is 5.91 Å². The number of hydrogen-bond donors (Lipinski definition) is 1. The lowest BCUT2D eigenvalue weighted by molar-refractivity contribution is 0.0727. The van der Waals surface area contributed by atoms with Crippen molar-refractivity contribution in [2.75, 3.05) is 20.2 Å². The number of aromatic nitrogens is 1. The number of benzene rings is 1. The molecule has 1 saturated heterocycles. The molecule has 2 aliphatic rings. The average Bonchev–Trinajstić information content (AvgIpc) is 3.09. The van der Waals surface area contributed by atoms with Crippen LogP contribution in [-0.4, -0.2) is 36.0 Å². The molecule has 2 aromatic rings. The van der Waals surface area contributed by atoms with Gasteiger partial charge in [0, 0.05) is 24.0 Å². The first-order valence-electron chi connectivity index (χ1n) is 7.66. The fraction of sp³-hybridized carbons (Fsp3) is 0.471. The smallest absolute Gasteiger partial charge is 0.270 e. The zero-order chi connectivity index (χ0) is 14.4. The van der Waals surface area contributed by atoms with Gasteiger partial charge in [-0.05, 0) is 42.9 Å². The number of amides is 1. The van der Waals surface area contributed by atoms with Gasteiger partial charge in [0.1, 0.15) is 11.4 Å². The highest BCUT2D eigenvalue weighted by molar-refractivity contribution is 5.99. The van der Waals surface area contributed by atoms with E-state index in [1.807, 2.05) is 29.2 Å². The third-order valence-corrected chi connectivity index (χ3v) is 5.21. The number of aromatic amines is 1. The van der Waals surface area contributed by atoms with Gasteiger partial charge in [-0.3, -0.25) is 4.79 Å². The van der Waals surface area contributed by atoms with E-state index in [1.54, 1.807) is 7.11 Å². The molecule has 2 fully saturated rings. The molecule has 1 aromatic carbocycles. The van der Waals surface area contributed by atoms with Gasteiger partial charge < -0.3 is 14.6 Å². The number of carbonyl (C=O) groups is 1. The molecular weight excluding hydrogens is 264 g/mol. The SMILES string of the molecule is COc1cccc2[nH]c(C(=O)N3CCC4(CCC4)C3)cc12. The number of nitrogens with zero attached hydrogens (tertiary/aromatic N) is 1. The number of methoxy groups -OCH3 is 1. The Labute approximate surface area is 124 Å². The molecule has 1 saturated carbocycles. The lowest BCUT2D eigenvalue weighted by atomic mass is 9.68. The van der Waals surface area contributed by atoms with E-state index in [0.717, 1.165) is 29.7 Å². The molecule has 1 spiro atoms. The van der Waals surface area contributed by atoms with Crippen molar-refractivity contribution in [3.05, 3.63) is 30.0 Å². The van der Waals surface area contributed by atoms with Crippen LogP contribution in [0.2, 0.25) is 0 Å². The highest BCUT2D eigenvalue weighted by Gasteiger charge is 2.44. The third-order valence-electron chi connectivity index (χ3n) is 5.21. The number of hydrogen-bond acceptors (Lipinski definition) is 2. The molecule has 21 heavy (non-hydrogen) atoms. The van der Waals surface area contributed by atoms with E-state index in [1.165, 1.54) is 25.7 Å². The van der Waals surface area contributed by atoms with Crippen molar-refractivity contribution < 1.29 is 9.53 Å². The maximum absolute atomic E-state index is 12.7. The van der Waals surface area contributed by atoms with Gasteiger partial charge in [0.2, 0.25) is 0 Å². The average molecular weight is 284 g/mol. The molecule has 1 aliphatic heterocycles. The summed E-state index contributed by atoms with van der Waals surface area (Å²) < 4.78 is 5.36. The van der Waals surface area contributed by atoms with E-state index in [4.69, 9.17) is 4.74 Å². The van der Waals surface area contributed by atoms with Crippen LogP contribution in [0.1, 0.15) is 36.2 Å². The Morgan fingerprint density at radius 1 is 1.33 bits per heavy atom. The number of carbonyl (C=O) groups excluding carboxylic acids is 1.